The van der Waals surface area contributed by atoms with Crippen molar-refractivity contribution in [1.29, 1.82) is 0 Å². The van der Waals surface area contributed by atoms with E-state index in [-0.39, 0.29) is 6.79 Å². The number of anilines is 2. The topological polar surface area (TPSA) is 77.5 Å². The lowest BCUT2D eigenvalue weighted by atomic mass is 10.2. The van der Waals surface area contributed by atoms with Crippen molar-refractivity contribution in [2.24, 2.45) is 0 Å². The second kappa shape index (κ2) is 6.05. The summed E-state index contributed by atoms with van der Waals surface area (Å²) in [4.78, 5) is 4.84. The molecule has 0 atom stereocenters. The third kappa shape index (κ3) is 3.31. The summed E-state index contributed by atoms with van der Waals surface area (Å²) in [6, 6.07) is 12.3. The lowest BCUT2D eigenvalue weighted by Gasteiger charge is -2.04. The molecule has 0 unspecified atom stereocenters. The maximum atomic E-state index is 11.5. The van der Waals surface area contributed by atoms with Crippen molar-refractivity contribution in [3.63, 3.8) is 0 Å². The fraction of sp³-hybridized carbons (Fsp3) is 0.118. The van der Waals surface area contributed by atoms with E-state index in [2.05, 4.69) is 10.3 Å². The molecule has 0 spiro atoms. The minimum absolute atomic E-state index is 0.240. The van der Waals surface area contributed by atoms with Crippen LogP contribution in [0.25, 0.3) is 11.3 Å². The van der Waals surface area contributed by atoms with Crippen LogP contribution in [0.2, 0.25) is 0 Å². The maximum absolute atomic E-state index is 11.5. The summed E-state index contributed by atoms with van der Waals surface area (Å²) in [6.45, 7) is 0.240. The predicted octanol–water partition coefficient (Wildman–Crippen LogP) is 3.69. The van der Waals surface area contributed by atoms with Gasteiger partial charge in [0.15, 0.2) is 26.5 Å². The van der Waals surface area contributed by atoms with Crippen LogP contribution in [-0.2, 0) is 9.84 Å². The van der Waals surface area contributed by atoms with Gasteiger partial charge in [-0.15, -0.1) is 11.3 Å². The Kier molecular flexibility index (Phi) is 3.85. The number of nitrogens with zero attached hydrogens (tertiary/aromatic N) is 1. The van der Waals surface area contributed by atoms with Gasteiger partial charge in [0.2, 0.25) is 6.79 Å². The summed E-state index contributed by atoms with van der Waals surface area (Å²) in [5, 5.41) is 5.89. The van der Waals surface area contributed by atoms with Crippen LogP contribution in [0.3, 0.4) is 0 Å². The number of aromatic nitrogens is 1. The number of sulfone groups is 1. The van der Waals surface area contributed by atoms with Gasteiger partial charge >= 0.3 is 0 Å². The van der Waals surface area contributed by atoms with Crippen molar-refractivity contribution >= 4 is 32.0 Å². The van der Waals surface area contributed by atoms with E-state index < -0.39 is 9.84 Å². The molecule has 1 N–H and O–H groups in total. The molecule has 2 aromatic carbocycles. The first kappa shape index (κ1) is 15.9. The predicted molar refractivity (Wildman–Crippen MR) is 96.5 cm³/mol. The van der Waals surface area contributed by atoms with E-state index >= 15 is 0 Å². The zero-order chi connectivity index (χ0) is 17.4. The van der Waals surface area contributed by atoms with Gasteiger partial charge in [0, 0.05) is 29.0 Å². The normalized spacial score (nSPS) is 13.0. The third-order valence-electron chi connectivity index (χ3n) is 3.71. The second-order valence-electron chi connectivity index (χ2n) is 5.53. The molecule has 1 aromatic heterocycles. The highest BCUT2D eigenvalue weighted by Gasteiger charge is 2.14. The molecule has 6 nitrogen and oxygen atoms in total. The Labute approximate surface area is 149 Å². The average molecular weight is 374 g/mol. The van der Waals surface area contributed by atoms with E-state index in [1.54, 1.807) is 24.3 Å². The number of nitrogens with one attached hydrogen (secondary N) is 1. The first-order valence-electron chi connectivity index (χ1n) is 7.42. The quantitative estimate of drug-likeness (QED) is 0.750. The average Bonchev–Trinajstić information content (AvgIpc) is 3.23. The summed E-state index contributed by atoms with van der Waals surface area (Å²) >= 11 is 1.47. The van der Waals surface area contributed by atoms with E-state index in [1.165, 1.54) is 17.6 Å². The number of hydrogen-bond acceptors (Lipinski definition) is 7. The summed E-state index contributed by atoms with van der Waals surface area (Å²) in [5.41, 5.74) is 2.51. The first-order valence-corrected chi connectivity index (χ1v) is 10.2. The Morgan fingerprint density at radius 1 is 1.08 bits per heavy atom. The summed E-state index contributed by atoms with van der Waals surface area (Å²) < 4.78 is 33.7. The standard InChI is InChI=1S/C17H14N2O4S2/c1-25(20,21)13-5-2-11(3-6-13)14-9-24-17(19-14)18-12-4-7-15-16(8-12)23-10-22-15/h2-9H,10H2,1H3,(H,18,19). The molecule has 3 aromatic rings. The van der Waals surface area contributed by atoms with Gasteiger partial charge in [-0.05, 0) is 24.3 Å². The summed E-state index contributed by atoms with van der Waals surface area (Å²) in [5.74, 6) is 1.44. The molecule has 128 valence electrons. The molecule has 1 aliphatic rings. The van der Waals surface area contributed by atoms with E-state index in [0.29, 0.717) is 10.6 Å². The number of thiazole rings is 1. The van der Waals surface area contributed by atoms with Gasteiger partial charge in [-0.1, -0.05) is 12.1 Å². The molecular formula is C17H14N2O4S2. The molecule has 0 bridgehead atoms. The van der Waals surface area contributed by atoms with Crippen LogP contribution in [0.5, 0.6) is 11.5 Å². The molecule has 25 heavy (non-hydrogen) atoms. The fourth-order valence-electron chi connectivity index (χ4n) is 2.43. The highest BCUT2D eigenvalue weighted by atomic mass is 32.2. The highest BCUT2D eigenvalue weighted by molar-refractivity contribution is 7.90. The van der Waals surface area contributed by atoms with Crippen molar-refractivity contribution in [1.82, 2.24) is 4.98 Å². The Balaban J connectivity index is 1.54. The maximum Gasteiger partial charge on any atom is 0.231 e. The van der Waals surface area contributed by atoms with Crippen molar-refractivity contribution in [2.75, 3.05) is 18.4 Å². The van der Waals surface area contributed by atoms with E-state index in [1.807, 2.05) is 23.6 Å². The monoisotopic (exact) mass is 374 g/mol. The molecule has 0 radical (unpaired) electrons. The molecule has 0 amide bonds. The Morgan fingerprint density at radius 3 is 2.60 bits per heavy atom. The van der Waals surface area contributed by atoms with E-state index in [0.717, 1.165) is 27.8 Å². The van der Waals surface area contributed by atoms with E-state index in [4.69, 9.17) is 9.47 Å². The number of ether oxygens (including phenoxy) is 2. The minimum Gasteiger partial charge on any atom is -0.454 e. The molecule has 0 saturated heterocycles. The molecule has 0 aliphatic carbocycles. The lowest BCUT2D eigenvalue weighted by molar-refractivity contribution is 0.174. The van der Waals surface area contributed by atoms with Crippen LogP contribution in [0.4, 0.5) is 10.8 Å². The van der Waals surface area contributed by atoms with Crippen molar-refractivity contribution < 1.29 is 17.9 Å². The van der Waals surface area contributed by atoms with Crippen molar-refractivity contribution in [3.8, 4) is 22.8 Å². The fourth-order valence-corrected chi connectivity index (χ4v) is 3.80. The van der Waals surface area contributed by atoms with Gasteiger partial charge in [-0.2, -0.15) is 0 Å². The lowest BCUT2D eigenvalue weighted by Crippen LogP contribution is -1.96. The van der Waals surface area contributed by atoms with Crippen molar-refractivity contribution in [2.45, 2.75) is 4.90 Å². The molecule has 0 saturated carbocycles. The van der Waals surface area contributed by atoms with Crippen LogP contribution in [0.1, 0.15) is 0 Å². The largest absolute Gasteiger partial charge is 0.454 e. The third-order valence-corrected chi connectivity index (χ3v) is 5.59. The number of fused-ring (bicyclic) bond motifs is 1. The zero-order valence-electron chi connectivity index (χ0n) is 13.2. The Bertz CT molecular complexity index is 1030. The number of rotatable bonds is 4. The smallest absolute Gasteiger partial charge is 0.231 e. The van der Waals surface area contributed by atoms with Gasteiger partial charge in [0.25, 0.3) is 0 Å². The van der Waals surface area contributed by atoms with Crippen molar-refractivity contribution in [3.05, 3.63) is 47.8 Å². The number of hydrogen-bond donors (Lipinski definition) is 1. The van der Waals surface area contributed by atoms with Crippen LogP contribution in [-0.4, -0.2) is 26.5 Å². The molecule has 2 heterocycles. The van der Waals surface area contributed by atoms with Crippen LogP contribution in [0.15, 0.2) is 52.7 Å². The Morgan fingerprint density at radius 2 is 1.84 bits per heavy atom. The minimum atomic E-state index is -3.19. The van der Waals surface area contributed by atoms with Gasteiger partial charge < -0.3 is 14.8 Å². The molecule has 4 rings (SSSR count). The van der Waals surface area contributed by atoms with Crippen LogP contribution >= 0.6 is 11.3 Å². The molecule has 0 fully saturated rings. The Hall–Kier alpha value is -2.58. The van der Waals surface area contributed by atoms with Gasteiger partial charge in [-0.25, -0.2) is 13.4 Å². The summed E-state index contributed by atoms with van der Waals surface area (Å²) in [7, 11) is -3.19. The molecule has 1 aliphatic heterocycles. The van der Waals surface area contributed by atoms with Crippen LogP contribution < -0.4 is 14.8 Å². The highest BCUT2D eigenvalue weighted by Crippen LogP contribution is 2.36. The second-order valence-corrected chi connectivity index (χ2v) is 8.40. The van der Waals surface area contributed by atoms with Gasteiger partial charge in [0.1, 0.15) is 0 Å². The number of benzene rings is 2. The van der Waals surface area contributed by atoms with Gasteiger partial charge in [-0.3, -0.25) is 0 Å². The zero-order valence-corrected chi connectivity index (χ0v) is 14.9. The van der Waals surface area contributed by atoms with Crippen LogP contribution in [0, 0.1) is 0 Å². The molecule has 8 heteroatoms. The first-order chi connectivity index (χ1) is 12.0. The summed E-state index contributed by atoms with van der Waals surface area (Å²) in [6.07, 6.45) is 1.19. The molecular weight excluding hydrogens is 360 g/mol. The van der Waals surface area contributed by atoms with E-state index in [9.17, 15) is 8.42 Å². The SMILES string of the molecule is CS(=O)(=O)c1ccc(-c2csc(Nc3ccc4c(c3)OCO4)n2)cc1. The van der Waals surface area contributed by atoms with Gasteiger partial charge in [0.05, 0.1) is 10.6 Å².